The van der Waals surface area contributed by atoms with Gasteiger partial charge in [0.1, 0.15) is 5.75 Å². The Morgan fingerprint density at radius 1 is 0.842 bits per heavy atom. The molecule has 0 aliphatic carbocycles. The van der Waals surface area contributed by atoms with E-state index in [1.165, 1.54) is 63.4 Å². The van der Waals surface area contributed by atoms with Crippen LogP contribution < -0.4 is 4.74 Å². The average molecular weight is 262 g/mol. The quantitative estimate of drug-likeness (QED) is 0.460. The molecule has 1 aromatic carbocycles. The van der Waals surface area contributed by atoms with Gasteiger partial charge in [0.2, 0.25) is 0 Å². The standard InChI is InChI=1S/C18H30O/c1-3-5-7-8-9-10-15-19-18-14-11-13-17(16-18)12-6-4-2/h11,13-14,16H,3-10,12,15H2,1-2H3. The van der Waals surface area contributed by atoms with E-state index in [9.17, 15) is 0 Å². The van der Waals surface area contributed by atoms with E-state index in [0.29, 0.717) is 0 Å². The van der Waals surface area contributed by atoms with Crippen molar-refractivity contribution in [2.24, 2.45) is 0 Å². The summed E-state index contributed by atoms with van der Waals surface area (Å²) in [6.45, 7) is 5.36. The van der Waals surface area contributed by atoms with Gasteiger partial charge in [-0.3, -0.25) is 0 Å². The highest BCUT2D eigenvalue weighted by atomic mass is 16.5. The Morgan fingerprint density at radius 2 is 1.58 bits per heavy atom. The smallest absolute Gasteiger partial charge is 0.119 e. The maximum atomic E-state index is 5.83. The molecule has 0 saturated heterocycles. The van der Waals surface area contributed by atoms with Crippen LogP contribution >= 0.6 is 0 Å². The lowest BCUT2D eigenvalue weighted by Crippen LogP contribution is -1.98. The Bertz CT molecular complexity index is 319. The van der Waals surface area contributed by atoms with Crippen LogP contribution in [0.4, 0.5) is 0 Å². The molecule has 0 saturated carbocycles. The van der Waals surface area contributed by atoms with E-state index in [4.69, 9.17) is 4.74 Å². The molecule has 0 unspecified atom stereocenters. The summed E-state index contributed by atoms with van der Waals surface area (Å²) in [5.41, 5.74) is 1.40. The van der Waals surface area contributed by atoms with Crippen LogP contribution in [0.1, 0.15) is 70.8 Å². The number of hydrogen-bond acceptors (Lipinski definition) is 1. The van der Waals surface area contributed by atoms with Gasteiger partial charge in [0, 0.05) is 0 Å². The van der Waals surface area contributed by atoms with Gasteiger partial charge in [-0.15, -0.1) is 0 Å². The monoisotopic (exact) mass is 262 g/mol. The van der Waals surface area contributed by atoms with Crippen molar-refractivity contribution in [1.82, 2.24) is 0 Å². The summed E-state index contributed by atoms with van der Waals surface area (Å²) < 4.78 is 5.83. The molecule has 0 amide bonds. The third-order valence-electron chi connectivity index (χ3n) is 3.48. The summed E-state index contributed by atoms with van der Waals surface area (Å²) in [5.74, 6) is 1.04. The fraction of sp³-hybridized carbons (Fsp3) is 0.667. The topological polar surface area (TPSA) is 9.23 Å². The predicted octanol–water partition coefficient (Wildman–Crippen LogP) is 5.77. The zero-order chi connectivity index (χ0) is 13.8. The van der Waals surface area contributed by atoms with Crippen molar-refractivity contribution in [1.29, 1.82) is 0 Å². The van der Waals surface area contributed by atoms with Gasteiger partial charge in [-0.05, 0) is 37.0 Å². The SMILES string of the molecule is CCCCCCCCOc1cccc(CCCC)c1. The van der Waals surface area contributed by atoms with Crippen LogP contribution in [0.15, 0.2) is 24.3 Å². The lowest BCUT2D eigenvalue weighted by Gasteiger charge is -2.08. The maximum absolute atomic E-state index is 5.83. The van der Waals surface area contributed by atoms with Gasteiger partial charge in [0.25, 0.3) is 0 Å². The Morgan fingerprint density at radius 3 is 2.37 bits per heavy atom. The van der Waals surface area contributed by atoms with E-state index in [1.807, 2.05) is 0 Å². The highest BCUT2D eigenvalue weighted by molar-refractivity contribution is 5.28. The summed E-state index contributed by atoms with van der Waals surface area (Å²) in [7, 11) is 0. The summed E-state index contributed by atoms with van der Waals surface area (Å²) in [5, 5.41) is 0. The molecule has 1 rings (SSSR count). The number of unbranched alkanes of at least 4 members (excludes halogenated alkanes) is 6. The molecule has 108 valence electrons. The molecule has 1 nitrogen and oxygen atoms in total. The molecule has 0 spiro atoms. The van der Waals surface area contributed by atoms with Crippen LogP contribution in [0.5, 0.6) is 5.75 Å². The van der Waals surface area contributed by atoms with E-state index in [2.05, 4.69) is 38.1 Å². The predicted molar refractivity (Wildman–Crippen MR) is 83.9 cm³/mol. The first-order valence-electron chi connectivity index (χ1n) is 8.08. The fourth-order valence-corrected chi connectivity index (χ4v) is 2.24. The van der Waals surface area contributed by atoms with Crippen molar-refractivity contribution in [2.45, 2.75) is 71.6 Å². The Hall–Kier alpha value is -0.980. The van der Waals surface area contributed by atoms with Gasteiger partial charge < -0.3 is 4.74 Å². The average Bonchev–Trinajstić information content (AvgIpc) is 2.44. The summed E-state index contributed by atoms with van der Waals surface area (Å²) in [4.78, 5) is 0. The van der Waals surface area contributed by atoms with Crippen LogP contribution in [0.3, 0.4) is 0 Å². The molecule has 0 bridgehead atoms. The third-order valence-corrected chi connectivity index (χ3v) is 3.48. The van der Waals surface area contributed by atoms with E-state index in [1.54, 1.807) is 0 Å². The Kier molecular flexibility index (Phi) is 9.22. The van der Waals surface area contributed by atoms with Crippen molar-refractivity contribution >= 4 is 0 Å². The molecule has 1 aromatic rings. The number of ether oxygens (including phenoxy) is 1. The van der Waals surface area contributed by atoms with E-state index < -0.39 is 0 Å². The maximum Gasteiger partial charge on any atom is 0.119 e. The zero-order valence-corrected chi connectivity index (χ0v) is 12.8. The van der Waals surface area contributed by atoms with Gasteiger partial charge in [-0.2, -0.15) is 0 Å². The molecular weight excluding hydrogens is 232 g/mol. The largest absolute Gasteiger partial charge is 0.494 e. The third kappa shape index (κ3) is 7.92. The second-order valence-electron chi connectivity index (χ2n) is 5.37. The second kappa shape index (κ2) is 10.9. The minimum atomic E-state index is 0.864. The second-order valence-corrected chi connectivity index (χ2v) is 5.37. The summed E-state index contributed by atoms with van der Waals surface area (Å²) >= 11 is 0. The number of rotatable bonds is 11. The van der Waals surface area contributed by atoms with Gasteiger partial charge >= 0.3 is 0 Å². The van der Waals surface area contributed by atoms with Crippen LogP contribution in [0.25, 0.3) is 0 Å². The molecule has 19 heavy (non-hydrogen) atoms. The van der Waals surface area contributed by atoms with Crippen LogP contribution in [0.2, 0.25) is 0 Å². The van der Waals surface area contributed by atoms with E-state index in [0.717, 1.165) is 12.4 Å². The number of hydrogen-bond donors (Lipinski definition) is 0. The van der Waals surface area contributed by atoms with Crippen LogP contribution in [-0.4, -0.2) is 6.61 Å². The molecule has 0 heterocycles. The van der Waals surface area contributed by atoms with Crippen LogP contribution in [-0.2, 0) is 6.42 Å². The van der Waals surface area contributed by atoms with Gasteiger partial charge in [0.05, 0.1) is 6.61 Å². The molecule has 0 N–H and O–H groups in total. The zero-order valence-electron chi connectivity index (χ0n) is 12.8. The molecule has 0 radical (unpaired) electrons. The minimum Gasteiger partial charge on any atom is -0.494 e. The van der Waals surface area contributed by atoms with Crippen molar-refractivity contribution in [3.8, 4) is 5.75 Å². The van der Waals surface area contributed by atoms with Crippen molar-refractivity contribution in [2.75, 3.05) is 6.61 Å². The highest BCUT2D eigenvalue weighted by Gasteiger charge is 1.97. The first kappa shape index (κ1) is 16.1. The van der Waals surface area contributed by atoms with E-state index in [-0.39, 0.29) is 0 Å². The molecule has 0 aliphatic rings. The lowest BCUT2D eigenvalue weighted by molar-refractivity contribution is 0.304. The number of aryl methyl sites for hydroxylation is 1. The molecule has 0 aromatic heterocycles. The lowest BCUT2D eigenvalue weighted by atomic mass is 10.1. The Labute approximate surface area is 119 Å². The molecule has 0 fully saturated rings. The fourth-order valence-electron chi connectivity index (χ4n) is 2.24. The van der Waals surface area contributed by atoms with Gasteiger partial charge in [0.15, 0.2) is 0 Å². The molecule has 0 atom stereocenters. The molecular formula is C18H30O. The Balaban J connectivity index is 2.14. The first-order chi connectivity index (χ1) is 9.36. The number of benzene rings is 1. The molecule has 0 aliphatic heterocycles. The normalized spacial score (nSPS) is 10.6. The molecule has 1 heteroatoms. The van der Waals surface area contributed by atoms with Crippen LogP contribution in [0, 0.1) is 0 Å². The minimum absolute atomic E-state index is 0.864. The summed E-state index contributed by atoms with van der Waals surface area (Å²) in [6, 6.07) is 8.59. The van der Waals surface area contributed by atoms with Gasteiger partial charge in [-0.1, -0.05) is 64.5 Å². The van der Waals surface area contributed by atoms with Crippen molar-refractivity contribution < 1.29 is 4.74 Å². The van der Waals surface area contributed by atoms with E-state index >= 15 is 0 Å². The highest BCUT2D eigenvalue weighted by Crippen LogP contribution is 2.16. The van der Waals surface area contributed by atoms with Crippen molar-refractivity contribution in [3.63, 3.8) is 0 Å². The van der Waals surface area contributed by atoms with Crippen molar-refractivity contribution in [3.05, 3.63) is 29.8 Å². The summed E-state index contributed by atoms with van der Waals surface area (Å²) in [6.07, 6.45) is 11.6. The first-order valence-corrected chi connectivity index (χ1v) is 8.08. The van der Waals surface area contributed by atoms with Gasteiger partial charge in [-0.25, -0.2) is 0 Å².